The summed E-state index contributed by atoms with van der Waals surface area (Å²) in [6.45, 7) is 6.54. The molecule has 0 saturated heterocycles. The predicted octanol–water partition coefficient (Wildman–Crippen LogP) is 3.96. The Balaban J connectivity index is 3.64. The molecule has 12 heavy (non-hydrogen) atoms. The summed E-state index contributed by atoms with van der Waals surface area (Å²) in [7, 11) is 0. The molecule has 0 aromatic carbocycles. The van der Waals surface area contributed by atoms with Gasteiger partial charge in [0.05, 0.1) is 0 Å². The van der Waals surface area contributed by atoms with Crippen molar-refractivity contribution >= 4 is 34.2 Å². The summed E-state index contributed by atoms with van der Waals surface area (Å²) in [6, 6.07) is 0. The van der Waals surface area contributed by atoms with Gasteiger partial charge in [0.1, 0.15) is 0 Å². The number of hydrogen-bond acceptors (Lipinski definition) is 2. The maximum absolute atomic E-state index is 5.20. The molecule has 0 aliphatic heterocycles. The van der Waals surface area contributed by atoms with E-state index in [1.54, 1.807) is 0 Å². The first-order chi connectivity index (χ1) is 5.61. The zero-order valence-electron chi connectivity index (χ0n) is 8.22. The van der Waals surface area contributed by atoms with Crippen LogP contribution in [-0.2, 0) is 0 Å². The van der Waals surface area contributed by atoms with E-state index in [-0.39, 0.29) is 0 Å². The number of hydrogen-bond donors (Lipinski definition) is 0. The minimum Gasteiger partial charge on any atom is -0.0837 e. The highest BCUT2D eigenvalue weighted by molar-refractivity contribution is 7.89. The Kier molecular flexibility index (Phi) is 6.77. The molecule has 0 heterocycles. The van der Waals surface area contributed by atoms with Gasteiger partial charge in [-0.1, -0.05) is 51.6 Å². The molecular weight excluding hydrogens is 184 g/mol. The summed E-state index contributed by atoms with van der Waals surface area (Å²) in [5.74, 6) is 0.780. The fourth-order valence-electron chi connectivity index (χ4n) is 0.918. The Labute approximate surface area is 86.7 Å². The van der Waals surface area contributed by atoms with Crippen molar-refractivity contribution in [1.82, 2.24) is 0 Å². The second kappa shape index (κ2) is 6.67. The standard InChI is InChI=1S/C10H18S2/c1-4-8(3)6-7-10(12)9(11)5-2/h8H,4-7H2,1-3H3. The van der Waals surface area contributed by atoms with Crippen LogP contribution >= 0.6 is 24.4 Å². The van der Waals surface area contributed by atoms with Gasteiger partial charge in [-0.3, -0.25) is 0 Å². The van der Waals surface area contributed by atoms with Crippen molar-refractivity contribution in [3.8, 4) is 0 Å². The molecule has 1 atom stereocenters. The molecule has 0 N–H and O–H groups in total. The van der Waals surface area contributed by atoms with Gasteiger partial charge in [-0.05, 0) is 25.2 Å². The molecule has 0 aromatic heterocycles. The van der Waals surface area contributed by atoms with Crippen LogP contribution < -0.4 is 0 Å². The van der Waals surface area contributed by atoms with Crippen LogP contribution in [0.15, 0.2) is 0 Å². The van der Waals surface area contributed by atoms with E-state index in [1.807, 2.05) is 0 Å². The zero-order chi connectivity index (χ0) is 9.56. The fraction of sp³-hybridized carbons (Fsp3) is 0.800. The maximum atomic E-state index is 5.20. The third-order valence-corrected chi connectivity index (χ3v) is 3.31. The van der Waals surface area contributed by atoms with E-state index in [0.717, 1.165) is 28.5 Å². The number of thiocarbonyl (C=S) groups is 2. The lowest BCUT2D eigenvalue weighted by Gasteiger charge is -2.08. The van der Waals surface area contributed by atoms with Crippen LogP contribution in [0.5, 0.6) is 0 Å². The van der Waals surface area contributed by atoms with Gasteiger partial charge in [-0.15, -0.1) is 0 Å². The predicted molar refractivity (Wildman–Crippen MR) is 64.2 cm³/mol. The van der Waals surface area contributed by atoms with E-state index in [0.29, 0.717) is 0 Å². The van der Waals surface area contributed by atoms with E-state index in [4.69, 9.17) is 24.4 Å². The Morgan fingerprint density at radius 2 is 1.75 bits per heavy atom. The van der Waals surface area contributed by atoms with Gasteiger partial charge in [0, 0.05) is 9.73 Å². The zero-order valence-corrected chi connectivity index (χ0v) is 9.86. The molecule has 2 heteroatoms. The van der Waals surface area contributed by atoms with Crippen LogP contribution in [0.2, 0.25) is 0 Å². The molecule has 0 aliphatic rings. The van der Waals surface area contributed by atoms with Gasteiger partial charge in [0.25, 0.3) is 0 Å². The Morgan fingerprint density at radius 1 is 1.17 bits per heavy atom. The average Bonchev–Trinajstić information content (AvgIpc) is 2.11. The quantitative estimate of drug-likeness (QED) is 0.598. The fourth-order valence-corrected chi connectivity index (χ4v) is 1.28. The number of rotatable bonds is 6. The summed E-state index contributed by atoms with van der Waals surface area (Å²) in [6.07, 6.45) is 4.36. The van der Waals surface area contributed by atoms with Crippen LogP contribution in [0.1, 0.15) is 46.5 Å². The van der Waals surface area contributed by atoms with Gasteiger partial charge in [0.2, 0.25) is 0 Å². The lowest BCUT2D eigenvalue weighted by atomic mass is 10.0. The van der Waals surface area contributed by atoms with Gasteiger partial charge in [0.15, 0.2) is 0 Å². The monoisotopic (exact) mass is 202 g/mol. The molecule has 0 amide bonds. The minimum atomic E-state index is 0.780. The lowest BCUT2D eigenvalue weighted by Crippen LogP contribution is -2.08. The van der Waals surface area contributed by atoms with E-state index < -0.39 is 0 Å². The van der Waals surface area contributed by atoms with E-state index in [1.165, 1.54) is 12.8 Å². The second-order valence-corrected chi connectivity index (χ2v) is 4.24. The van der Waals surface area contributed by atoms with Gasteiger partial charge in [-0.2, -0.15) is 0 Å². The smallest absolute Gasteiger partial charge is 0.0291 e. The molecular formula is C10H18S2. The first kappa shape index (κ1) is 12.2. The SMILES string of the molecule is CCC(=S)C(=S)CCC(C)CC. The van der Waals surface area contributed by atoms with E-state index in [2.05, 4.69) is 20.8 Å². The lowest BCUT2D eigenvalue weighted by molar-refractivity contribution is 0.530. The van der Waals surface area contributed by atoms with Crippen LogP contribution in [0, 0.1) is 5.92 Å². The molecule has 0 bridgehead atoms. The summed E-state index contributed by atoms with van der Waals surface area (Å²) >= 11 is 10.3. The van der Waals surface area contributed by atoms with Crippen molar-refractivity contribution in [2.45, 2.75) is 46.5 Å². The largest absolute Gasteiger partial charge is 0.0837 e. The third-order valence-electron chi connectivity index (χ3n) is 2.19. The maximum Gasteiger partial charge on any atom is 0.0291 e. The Hall–Kier alpha value is 0.180. The summed E-state index contributed by atoms with van der Waals surface area (Å²) in [5, 5.41) is 0. The topological polar surface area (TPSA) is 0 Å². The first-order valence-electron chi connectivity index (χ1n) is 4.67. The average molecular weight is 202 g/mol. The summed E-state index contributed by atoms with van der Waals surface area (Å²) in [4.78, 5) is 1.99. The molecule has 1 unspecified atom stereocenters. The first-order valence-corrected chi connectivity index (χ1v) is 5.49. The normalized spacial score (nSPS) is 12.6. The molecule has 0 rings (SSSR count). The Bertz CT molecular complexity index is 161. The molecule has 0 aliphatic carbocycles. The van der Waals surface area contributed by atoms with E-state index >= 15 is 0 Å². The van der Waals surface area contributed by atoms with E-state index in [9.17, 15) is 0 Å². The second-order valence-electron chi connectivity index (χ2n) is 3.25. The highest BCUT2D eigenvalue weighted by atomic mass is 32.1. The van der Waals surface area contributed by atoms with Crippen molar-refractivity contribution in [1.29, 1.82) is 0 Å². The van der Waals surface area contributed by atoms with Crippen molar-refractivity contribution in [2.75, 3.05) is 0 Å². The van der Waals surface area contributed by atoms with Crippen molar-refractivity contribution in [3.05, 3.63) is 0 Å². The molecule has 0 radical (unpaired) electrons. The van der Waals surface area contributed by atoms with Crippen LogP contribution in [0.25, 0.3) is 0 Å². The van der Waals surface area contributed by atoms with Crippen molar-refractivity contribution in [2.24, 2.45) is 5.92 Å². The van der Waals surface area contributed by atoms with Crippen LogP contribution in [-0.4, -0.2) is 9.73 Å². The summed E-state index contributed by atoms with van der Waals surface area (Å²) < 4.78 is 0. The third kappa shape index (κ3) is 4.94. The molecule has 0 spiro atoms. The van der Waals surface area contributed by atoms with Gasteiger partial charge in [-0.25, -0.2) is 0 Å². The van der Waals surface area contributed by atoms with Crippen LogP contribution in [0.4, 0.5) is 0 Å². The van der Waals surface area contributed by atoms with Crippen molar-refractivity contribution < 1.29 is 0 Å². The summed E-state index contributed by atoms with van der Waals surface area (Å²) in [5.41, 5.74) is 0. The minimum absolute atomic E-state index is 0.780. The highest BCUT2D eigenvalue weighted by Crippen LogP contribution is 2.11. The van der Waals surface area contributed by atoms with Gasteiger partial charge < -0.3 is 0 Å². The molecule has 0 fully saturated rings. The van der Waals surface area contributed by atoms with Crippen molar-refractivity contribution in [3.63, 3.8) is 0 Å². The molecule has 0 saturated carbocycles. The highest BCUT2D eigenvalue weighted by Gasteiger charge is 2.04. The Morgan fingerprint density at radius 3 is 2.17 bits per heavy atom. The van der Waals surface area contributed by atoms with Gasteiger partial charge >= 0.3 is 0 Å². The van der Waals surface area contributed by atoms with Crippen LogP contribution in [0.3, 0.4) is 0 Å². The molecule has 70 valence electrons. The molecule has 0 aromatic rings. The molecule has 0 nitrogen and oxygen atoms in total.